The molecule has 0 aliphatic rings. The highest BCUT2D eigenvalue weighted by atomic mass is 35.5. The third-order valence-corrected chi connectivity index (χ3v) is 4.09. The van der Waals surface area contributed by atoms with Crippen molar-refractivity contribution < 1.29 is 14.3 Å². The van der Waals surface area contributed by atoms with Gasteiger partial charge in [-0.1, -0.05) is 30.3 Å². The van der Waals surface area contributed by atoms with E-state index in [0.29, 0.717) is 17.9 Å². The van der Waals surface area contributed by atoms with Gasteiger partial charge in [-0.15, -0.1) is 12.4 Å². The van der Waals surface area contributed by atoms with E-state index in [2.05, 4.69) is 10.4 Å². The first kappa shape index (κ1) is 21.8. The fourth-order valence-electron chi connectivity index (χ4n) is 2.64. The summed E-state index contributed by atoms with van der Waals surface area (Å²) in [5, 5.41) is 6.42. The highest BCUT2D eigenvalue weighted by Crippen LogP contribution is 2.21. The number of para-hydroxylation sites is 1. The Hall–Kier alpha value is -3.51. The lowest BCUT2D eigenvalue weighted by Crippen LogP contribution is -2.14. The zero-order valence-electron chi connectivity index (χ0n) is 15.9. The number of nitrogens with two attached hydrogens (primary N) is 1. The van der Waals surface area contributed by atoms with Crippen molar-refractivity contribution in [2.24, 2.45) is 10.9 Å². The number of hydrazone groups is 1. The molecule has 1 amide bonds. The zero-order valence-corrected chi connectivity index (χ0v) is 16.7. The predicted molar refractivity (Wildman–Crippen MR) is 117 cm³/mol. The summed E-state index contributed by atoms with van der Waals surface area (Å²) in [6.45, 7) is 0.322. The molecule has 0 saturated carbocycles. The van der Waals surface area contributed by atoms with Crippen molar-refractivity contribution in [3.8, 4) is 11.5 Å². The normalized spacial score (nSPS) is 10.2. The molecule has 7 heteroatoms. The standard InChI is InChI=1S/C22H21N3O3.ClH/c1-27-19-9-11-20(12-10-19)28-15-18-6-2-3-8-21(18)25-22(26)17-7-4-5-16(13-17)14-24-23;/h2-14H,15,23H2,1H3,(H,25,26);1H. The van der Waals surface area contributed by atoms with E-state index in [1.807, 2.05) is 54.6 Å². The molecule has 0 fully saturated rings. The summed E-state index contributed by atoms with van der Waals surface area (Å²) in [7, 11) is 1.62. The van der Waals surface area contributed by atoms with E-state index in [1.165, 1.54) is 6.21 Å². The number of rotatable bonds is 7. The quantitative estimate of drug-likeness (QED) is 0.346. The number of methoxy groups -OCH3 is 1. The lowest BCUT2D eigenvalue weighted by atomic mass is 10.1. The van der Waals surface area contributed by atoms with E-state index >= 15 is 0 Å². The number of carbonyl (C=O) groups excluding carboxylic acids is 1. The van der Waals surface area contributed by atoms with Crippen LogP contribution in [0.25, 0.3) is 0 Å². The number of amides is 1. The highest BCUT2D eigenvalue weighted by Gasteiger charge is 2.10. The van der Waals surface area contributed by atoms with Crippen molar-refractivity contribution in [1.29, 1.82) is 0 Å². The van der Waals surface area contributed by atoms with Crippen molar-refractivity contribution in [3.05, 3.63) is 89.5 Å². The molecule has 0 heterocycles. The molecule has 0 aliphatic heterocycles. The van der Waals surface area contributed by atoms with Crippen LogP contribution in [0.1, 0.15) is 21.5 Å². The van der Waals surface area contributed by atoms with Crippen molar-refractivity contribution in [1.82, 2.24) is 0 Å². The summed E-state index contributed by atoms with van der Waals surface area (Å²) in [5.41, 5.74) is 2.83. The molecule has 3 aromatic rings. The van der Waals surface area contributed by atoms with Gasteiger partial charge in [0, 0.05) is 16.8 Å². The number of nitrogens with zero attached hydrogens (tertiary/aromatic N) is 1. The van der Waals surface area contributed by atoms with Gasteiger partial charge in [-0.3, -0.25) is 4.79 Å². The van der Waals surface area contributed by atoms with Crippen molar-refractivity contribution in [3.63, 3.8) is 0 Å². The van der Waals surface area contributed by atoms with E-state index in [0.717, 1.165) is 22.6 Å². The van der Waals surface area contributed by atoms with Gasteiger partial charge in [-0.25, -0.2) is 0 Å². The Kier molecular flexibility index (Phi) is 8.06. The third kappa shape index (κ3) is 5.99. The van der Waals surface area contributed by atoms with Gasteiger partial charge in [0.05, 0.1) is 13.3 Å². The minimum absolute atomic E-state index is 0. The van der Waals surface area contributed by atoms with Crippen LogP contribution in [-0.4, -0.2) is 19.2 Å². The largest absolute Gasteiger partial charge is 0.497 e. The smallest absolute Gasteiger partial charge is 0.255 e. The average molecular weight is 412 g/mol. The molecular formula is C22H22ClN3O3. The second kappa shape index (κ2) is 10.7. The van der Waals surface area contributed by atoms with Crippen LogP contribution in [0.15, 0.2) is 77.9 Å². The fourth-order valence-corrected chi connectivity index (χ4v) is 2.64. The molecule has 0 bridgehead atoms. The van der Waals surface area contributed by atoms with Crippen LogP contribution in [0.4, 0.5) is 5.69 Å². The number of nitrogens with one attached hydrogen (secondary N) is 1. The average Bonchev–Trinajstić information content (AvgIpc) is 2.74. The second-order valence-corrected chi connectivity index (χ2v) is 5.98. The number of hydrogen-bond acceptors (Lipinski definition) is 5. The van der Waals surface area contributed by atoms with E-state index in [9.17, 15) is 4.79 Å². The van der Waals surface area contributed by atoms with Crippen LogP contribution >= 0.6 is 12.4 Å². The third-order valence-electron chi connectivity index (χ3n) is 4.09. The van der Waals surface area contributed by atoms with Gasteiger partial charge in [-0.05, 0) is 48.0 Å². The lowest BCUT2D eigenvalue weighted by molar-refractivity contribution is 0.102. The number of hydrogen-bond donors (Lipinski definition) is 2. The van der Waals surface area contributed by atoms with E-state index in [1.54, 1.807) is 25.3 Å². The Balaban J connectivity index is 0.00000300. The number of anilines is 1. The van der Waals surface area contributed by atoms with Gasteiger partial charge in [0.2, 0.25) is 0 Å². The molecule has 29 heavy (non-hydrogen) atoms. The Morgan fingerprint density at radius 3 is 2.48 bits per heavy atom. The first-order valence-electron chi connectivity index (χ1n) is 8.69. The van der Waals surface area contributed by atoms with E-state index in [-0.39, 0.29) is 18.3 Å². The molecule has 3 aromatic carbocycles. The van der Waals surface area contributed by atoms with Crippen molar-refractivity contribution >= 4 is 30.2 Å². The SMILES string of the molecule is COc1ccc(OCc2ccccc2NC(=O)c2cccc(C=NN)c2)cc1.Cl. The summed E-state index contributed by atoms with van der Waals surface area (Å²) in [5.74, 6) is 6.44. The highest BCUT2D eigenvalue weighted by molar-refractivity contribution is 6.05. The second-order valence-electron chi connectivity index (χ2n) is 5.98. The summed E-state index contributed by atoms with van der Waals surface area (Å²) in [6, 6.07) is 21.9. The molecule has 3 N–H and O–H groups in total. The first-order valence-corrected chi connectivity index (χ1v) is 8.69. The minimum atomic E-state index is -0.218. The van der Waals surface area contributed by atoms with Gasteiger partial charge >= 0.3 is 0 Å². The molecule has 6 nitrogen and oxygen atoms in total. The van der Waals surface area contributed by atoms with Gasteiger partial charge < -0.3 is 20.6 Å². The lowest BCUT2D eigenvalue weighted by Gasteiger charge is -2.13. The Morgan fingerprint density at radius 2 is 1.76 bits per heavy atom. The number of carbonyl (C=O) groups is 1. The molecule has 0 aromatic heterocycles. The fraction of sp³-hybridized carbons (Fsp3) is 0.0909. The van der Waals surface area contributed by atoms with Gasteiger partial charge in [-0.2, -0.15) is 5.10 Å². The Bertz CT molecular complexity index is 975. The van der Waals surface area contributed by atoms with E-state index in [4.69, 9.17) is 15.3 Å². The Labute approximate surface area is 175 Å². The zero-order chi connectivity index (χ0) is 19.8. The Morgan fingerprint density at radius 1 is 1.03 bits per heavy atom. The molecule has 0 aliphatic carbocycles. The molecular weight excluding hydrogens is 390 g/mol. The topological polar surface area (TPSA) is 85.9 Å². The van der Waals surface area contributed by atoms with Crippen LogP contribution < -0.4 is 20.6 Å². The van der Waals surface area contributed by atoms with Gasteiger partial charge in [0.1, 0.15) is 18.1 Å². The van der Waals surface area contributed by atoms with Crippen LogP contribution in [0.3, 0.4) is 0 Å². The molecule has 0 atom stereocenters. The molecule has 0 saturated heterocycles. The molecule has 3 rings (SSSR count). The summed E-state index contributed by atoms with van der Waals surface area (Å²) in [6.07, 6.45) is 1.49. The molecule has 0 unspecified atom stereocenters. The summed E-state index contributed by atoms with van der Waals surface area (Å²) in [4.78, 5) is 12.6. The van der Waals surface area contributed by atoms with Gasteiger partial charge in [0.25, 0.3) is 5.91 Å². The molecule has 0 spiro atoms. The van der Waals surface area contributed by atoms with Gasteiger partial charge in [0.15, 0.2) is 0 Å². The van der Waals surface area contributed by atoms with Crippen LogP contribution in [0.2, 0.25) is 0 Å². The molecule has 0 radical (unpaired) electrons. The molecule has 150 valence electrons. The minimum Gasteiger partial charge on any atom is -0.497 e. The maximum absolute atomic E-state index is 12.6. The first-order chi connectivity index (χ1) is 13.7. The maximum atomic E-state index is 12.6. The number of halogens is 1. The van der Waals surface area contributed by atoms with Crippen molar-refractivity contribution in [2.45, 2.75) is 6.61 Å². The number of ether oxygens (including phenoxy) is 2. The number of benzene rings is 3. The summed E-state index contributed by atoms with van der Waals surface area (Å²) < 4.78 is 11.0. The van der Waals surface area contributed by atoms with Crippen molar-refractivity contribution in [2.75, 3.05) is 12.4 Å². The predicted octanol–water partition coefficient (Wildman–Crippen LogP) is 4.24. The van der Waals surface area contributed by atoms with E-state index < -0.39 is 0 Å². The van der Waals surface area contributed by atoms with Crippen LogP contribution in [-0.2, 0) is 6.61 Å². The summed E-state index contributed by atoms with van der Waals surface area (Å²) >= 11 is 0. The van der Waals surface area contributed by atoms with Crippen LogP contribution in [0, 0.1) is 0 Å². The maximum Gasteiger partial charge on any atom is 0.255 e. The van der Waals surface area contributed by atoms with Crippen LogP contribution in [0.5, 0.6) is 11.5 Å². The monoisotopic (exact) mass is 411 g/mol.